The van der Waals surface area contributed by atoms with E-state index in [0.29, 0.717) is 6.42 Å². The molecule has 2 aromatic rings. The molecule has 0 fully saturated rings. The zero-order valence-electron chi connectivity index (χ0n) is 11.2. The smallest absolute Gasteiger partial charge is 0.231 e. The predicted octanol–water partition coefficient (Wildman–Crippen LogP) is 3.61. The van der Waals surface area contributed by atoms with Crippen LogP contribution in [-0.4, -0.2) is 19.2 Å². The number of nitrogens with zero attached hydrogens (tertiary/aromatic N) is 1. The third-order valence-corrected chi connectivity index (χ3v) is 3.89. The number of amides is 1. The monoisotopic (exact) mass is 271 g/mol. The van der Waals surface area contributed by atoms with Crippen molar-refractivity contribution in [2.24, 2.45) is 0 Å². The van der Waals surface area contributed by atoms with Gasteiger partial charge in [0.15, 0.2) is 0 Å². The minimum absolute atomic E-state index is 0.104. The van der Waals surface area contributed by atoms with Crippen molar-refractivity contribution < 1.29 is 4.79 Å². The summed E-state index contributed by atoms with van der Waals surface area (Å²) in [4.78, 5) is 15.2. The molecule has 0 spiro atoms. The number of para-hydroxylation sites is 1. The molecule has 0 aliphatic carbocycles. The molecule has 98 valence electrons. The van der Waals surface area contributed by atoms with Gasteiger partial charge in [0.25, 0.3) is 0 Å². The van der Waals surface area contributed by atoms with Crippen molar-refractivity contribution in [3.8, 4) is 0 Å². The van der Waals surface area contributed by atoms with E-state index in [-0.39, 0.29) is 5.91 Å². The second kappa shape index (κ2) is 6.43. The first-order valence-electron chi connectivity index (χ1n) is 6.16. The molecular formula is C16H17NOS. The van der Waals surface area contributed by atoms with Crippen molar-refractivity contribution in [1.82, 2.24) is 0 Å². The third kappa shape index (κ3) is 3.38. The second-order valence-corrected chi connectivity index (χ2v) is 5.13. The van der Waals surface area contributed by atoms with Crippen LogP contribution in [0.1, 0.15) is 5.56 Å². The molecule has 0 saturated carbocycles. The number of hydrogen-bond donors (Lipinski definition) is 0. The van der Waals surface area contributed by atoms with Crippen LogP contribution in [-0.2, 0) is 11.2 Å². The molecule has 0 aromatic heterocycles. The molecule has 0 atom stereocenters. The Hall–Kier alpha value is -1.74. The minimum atomic E-state index is 0.104. The Balaban J connectivity index is 2.13. The molecule has 0 aliphatic heterocycles. The van der Waals surface area contributed by atoms with E-state index in [9.17, 15) is 4.79 Å². The number of hydrogen-bond acceptors (Lipinski definition) is 2. The van der Waals surface area contributed by atoms with Crippen LogP contribution in [0.5, 0.6) is 0 Å². The van der Waals surface area contributed by atoms with Gasteiger partial charge in [-0.2, -0.15) is 0 Å². The summed E-state index contributed by atoms with van der Waals surface area (Å²) in [6, 6.07) is 17.8. The largest absolute Gasteiger partial charge is 0.315 e. The zero-order valence-corrected chi connectivity index (χ0v) is 12.0. The number of carbonyl (C=O) groups is 1. The Morgan fingerprint density at radius 2 is 1.68 bits per heavy atom. The molecule has 0 aliphatic rings. The first-order chi connectivity index (χ1) is 9.22. The molecule has 0 bridgehead atoms. The number of anilines is 1. The summed E-state index contributed by atoms with van der Waals surface area (Å²) in [5, 5.41) is 0. The summed E-state index contributed by atoms with van der Waals surface area (Å²) in [6.45, 7) is 0. The minimum Gasteiger partial charge on any atom is -0.315 e. The fourth-order valence-electron chi connectivity index (χ4n) is 1.93. The van der Waals surface area contributed by atoms with Crippen LogP contribution in [0.2, 0.25) is 0 Å². The van der Waals surface area contributed by atoms with Crippen LogP contribution in [0.3, 0.4) is 0 Å². The first kappa shape index (κ1) is 13.7. The van der Waals surface area contributed by atoms with Crippen molar-refractivity contribution in [3.63, 3.8) is 0 Å². The Morgan fingerprint density at radius 3 is 2.37 bits per heavy atom. The molecule has 19 heavy (non-hydrogen) atoms. The van der Waals surface area contributed by atoms with E-state index < -0.39 is 0 Å². The molecule has 0 radical (unpaired) electrons. The van der Waals surface area contributed by atoms with Crippen LogP contribution in [0, 0.1) is 0 Å². The highest BCUT2D eigenvalue weighted by Gasteiger charge is 2.13. The SMILES string of the molecule is CSc1ccccc1CC(=O)N(C)c1ccccc1. The fourth-order valence-corrected chi connectivity index (χ4v) is 2.54. The van der Waals surface area contributed by atoms with Crippen molar-refractivity contribution >= 4 is 23.4 Å². The van der Waals surface area contributed by atoms with Gasteiger partial charge in [0.05, 0.1) is 6.42 Å². The normalized spacial score (nSPS) is 10.2. The molecule has 3 heteroatoms. The number of carbonyl (C=O) groups excluding carboxylic acids is 1. The highest BCUT2D eigenvalue weighted by molar-refractivity contribution is 7.98. The van der Waals surface area contributed by atoms with Gasteiger partial charge in [-0.25, -0.2) is 0 Å². The molecule has 2 nitrogen and oxygen atoms in total. The summed E-state index contributed by atoms with van der Waals surface area (Å²) < 4.78 is 0. The maximum absolute atomic E-state index is 12.3. The number of thioether (sulfide) groups is 1. The molecule has 0 unspecified atom stereocenters. The van der Waals surface area contributed by atoms with Gasteiger partial charge in [-0.15, -0.1) is 11.8 Å². The van der Waals surface area contributed by atoms with Crippen LogP contribution >= 0.6 is 11.8 Å². The second-order valence-electron chi connectivity index (χ2n) is 4.28. The lowest BCUT2D eigenvalue weighted by molar-refractivity contribution is -0.117. The predicted molar refractivity (Wildman–Crippen MR) is 81.8 cm³/mol. The van der Waals surface area contributed by atoms with Gasteiger partial charge in [-0.1, -0.05) is 36.4 Å². The number of rotatable bonds is 4. The lowest BCUT2D eigenvalue weighted by Gasteiger charge is -2.18. The van der Waals surface area contributed by atoms with E-state index in [2.05, 4.69) is 6.07 Å². The quantitative estimate of drug-likeness (QED) is 0.792. The standard InChI is InChI=1S/C16H17NOS/c1-17(14-9-4-3-5-10-14)16(18)12-13-8-6-7-11-15(13)19-2/h3-11H,12H2,1-2H3. The molecule has 2 rings (SSSR count). The molecule has 0 N–H and O–H groups in total. The Bertz CT molecular complexity index is 554. The van der Waals surface area contributed by atoms with Crippen molar-refractivity contribution in [1.29, 1.82) is 0 Å². The van der Waals surface area contributed by atoms with E-state index in [4.69, 9.17) is 0 Å². The Morgan fingerprint density at radius 1 is 1.05 bits per heavy atom. The van der Waals surface area contributed by atoms with Gasteiger partial charge in [-0.3, -0.25) is 4.79 Å². The summed E-state index contributed by atoms with van der Waals surface area (Å²) in [5.41, 5.74) is 2.01. The third-order valence-electron chi connectivity index (χ3n) is 3.05. The van der Waals surface area contributed by atoms with E-state index in [0.717, 1.165) is 16.1 Å². The van der Waals surface area contributed by atoms with Crippen LogP contribution < -0.4 is 4.90 Å². The number of benzene rings is 2. The van der Waals surface area contributed by atoms with E-state index in [1.165, 1.54) is 0 Å². The molecule has 2 aromatic carbocycles. The van der Waals surface area contributed by atoms with Gasteiger partial charge in [0, 0.05) is 17.6 Å². The number of likely N-dealkylation sites (N-methyl/N-ethyl adjacent to an activating group) is 1. The summed E-state index contributed by atoms with van der Waals surface area (Å²) in [7, 11) is 1.82. The van der Waals surface area contributed by atoms with Crippen LogP contribution in [0.4, 0.5) is 5.69 Å². The van der Waals surface area contributed by atoms with Gasteiger partial charge in [-0.05, 0) is 30.0 Å². The average molecular weight is 271 g/mol. The fraction of sp³-hybridized carbons (Fsp3) is 0.188. The summed E-state index contributed by atoms with van der Waals surface area (Å²) in [5.74, 6) is 0.104. The Labute approximate surface area is 118 Å². The molecule has 0 heterocycles. The lowest BCUT2D eigenvalue weighted by atomic mass is 10.1. The van der Waals surface area contributed by atoms with E-state index in [1.807, 2.05) is 61.8 Å². The maximum Gasteiger partial charge on any atom is 0.231 e. The topological polar surface area (TPSA) is 20.3 Å². The van der Waals surface area contributed by atoms with Crippen LogP contribution in [0.15, 0.2) is 59.5 Å². The molecule has 0 saturated heterocycles. The van der Waals surface area contributed by atoms with Crippen LogP contribution in [0.25, 0.3) is 0 Å². The van der Waals surface area contributed by atoms with E-state index >= 15 is 0 Å². The highest BCUT2D eigenvalue weighted by Crippen LogP contribution is 2.21. The highest BCUT2D eigenvalue weighted by atomic mass is 32.2. The van der Waals surface area contributed by atoms with E-state index in [1.54, 1.807) is 16.7 Å². The zero-order chi connectivity index (χ0) is 13.7. The van der Waals surface area contributed by atoms with Gasteiger partial charge in [0.2, 0.25) is 5.91 Å². The Kier molecular flexibility index (Phi) is 4.63. The van der Waals surface area contributed by atoms with Crippen molar-refractivity contribution in [3.05, 3.63) is 60.2 Å². The lowest BCUT2D eigenvalue weighted by Crippen LogP contribution is -2.27. The van der Waals surface area contributed by atoms with Crippen molar-refractivity contribution in [2.45, 2.75) is 11.3 Å². The average Bonchev–Trinajstić information content (AvgIpc) is 2.48. The summed E-state index contributed by atoms with van der Waals surface area (Å²) in [6.07, 6.45) is 2.46. The van der Waals surface area contributed by atoms with Gasteiger partial charge < -0.3 is 4.90 Å². The summed E-state index contributed by atoms with van der Waals surface area (Å²) >= 11 is 1.67. The van der Waals surface area contributed by atoms with Gasteiger partial charge in [0.1, 0.15) is 0 Å². The molecule has 1 amide bonds. The first-order valence-corrected chi connectivity index (χ1v) is 7.38. The van der Waals surface area contributed by atoms with Crippen molar-refractivity contribution in [2.75, 3.05) is 18.2 Å². The van der Waals surface area contributed by atoms with Gasteiger partial charge >= 0.3 is 0 Å². The maximum atomic E-state index is 12.3. The molecular weight excluding hydrogens is 254 g/mol.